The summed E-state index contributed by atoms with van der Waals surface area (Å²) in [7, 11) is 0. The zero-order valence-corrected chi connectivity index (χ0v) is 17.2. The third-order valence-corrected chi connectivity index (χ3v) is 7.79. The summed E-state index contributed by atoms with van der Waals surface area (Å²) in [5.74, 6) is 0.471. The van der Waals surface area contributed by atoms with Gasteiger partial charge >= 0.3 is 0 Å². The van der Waals surface area contributed by atoms with E-state index < -0.39 is 0 Å². The lowest BCUT2D eigenvalue weighted by molar-refractivity contribution is -0.144. The third kappa shape index (κ3) is 3.06. The van der Waals surface area contributed by atoms with Crippen molar-refractivity contribution in [2.75, 3.05) is 5.32 Å². The van der Waals surface area contributed by atoms with Crippen molar-refractivity contribution in [1.29, 1.82) is 0 Å². The smallest absolute Gasteiger partial charge is 0.233 e. The maximum Gasteiger partial charge on any atom is 0.233 e. The van der Waals surface area contributed by atoms with E-state index in [4.69, 9.17) is 0 Å². The van der Waals surface area contributed by atoms with Crippen LogP contribution in [-0.4, -0.2) is 39.4 Å². The number of anilines is 1. The van der Waals surface area contributed by atoms with E-state index >= 15 is 0 Å². The fourth-order valence-corrected chi connectivity index (χ4v) is 6.31. The van der Waals surface area contributed by atoms with Crippen LogP contribution >= 0.6 is 0 Å². The average molecular weight is 409 g/mol. The van der Waals surface area contributed by atoms with Crippen LogP contribution in [-0.2, 0) is 14.4 Å². The first kappa shape index (κ1) is 19.4. The van der Waals surface area contributed by atoms with Crippen molar-refractivity contribution in [2.45, 2.75) is 57.9 Å². The maximum absolute atomic E-state index is 13.0. The zero-order chi connectivity index (χ0) is 21.0. The number of rotatable bonds is 4. The highest BCUT2D eigenvalue weighted by Gasteiger charge is 2.61. The van der Waals surface area contributed by atoms with Crippen molar-refractivity contribution in [2.24, 2.45) is 29.6 Å². The van der Waals surface area contributed by atoms with Gasteiger partial charge in [0.1, 0.15) is 5.69 Å². The first-order valence-corrected chi connectivity index (χ1v) is 11.1. The molecular formula is C23H27N3O4. The highest BCUT2D eigenvalue weighted by molar-refractivity contribution is 6.06. The number of carbonyl (C=O) groups excluding carboxylic acids is 4. The van der Waals surface area contributed by atoms with Crippen LogP contribution < -0.4 is 5.32 Å². The lowest BCUT2D eigenvalue weighted by atomic mass is 9.81. The van der Waals surface area contributed by atoms with Crippen LogP contribution in [0.2, 0.25) is 0 Å². The molecule has 1 saturated heterocycles. The Morgan fingerprint density at radius 1 is 0.967 bits per heavy atom. The predicted octanol–water partition coefficient (Wildman–Crippen LogP) is 2.81. The molecule has 4 fully saturated rings. The largest absolute Gasteiger partial charge is 0.324 e. The van der Waals surface area contributed by atoms with Gasteiger partial charge in [-0.15, -0.1) is 0 Å². The van der Waals surface area contributed by atoms with E-state index in [9.17, 15) is 19.2 Å². The first-order valence-electron chi connectivity index (χ1n) is 11.1. The van der Waals surface area contributed by atoms with Crippen LogP contribution in [0.3, 0.4) is 0 Å². The summed E-state index contributed by atoms with van der Waals surface area (Å²) in [4.78, 5) is 55.6. The van der Waals surface area contributed by atoms with E-state index in [0.29, 0.717) is 48.9 Å². The molecular weight excluding hydrogens is 382 g/mol. The molecule has 7 heteroatoms. The molecule has 1 aromatic heterocycles. The molecule has 1 aliphatic heterocycles. The number of ketones is 1. The molecule has 0 aromatic carbocycles. The van der Waals surface area contributed by atoms with Crippen LogP contribution in [0.25, 0.3) is 0 Å². The first-order chi connectivity index (χ1) is 14.4. The number of pyridine rings is 1. The van der Waals surface area contributed by atoms with E-state index in [1.807, 2.05) is 0 Å². The summed E-state index contributed by atoms with van der Waals surface area (Å²) < 4.78 is 0. The average Bonchev–Trinajstić information content (AvgIpc) is 3.42. The number of hydrogen-bond acceptors (Lipinski definition) is 5. The van der Waals surface area contributed by atoms with Crippen molar-refractivity contribution in [3.05, 3.63) is 24.0 Å². The number of aromatic nitrogens is 1. The van der Waals surface area contributed by atoms with Gasteiger partial charge in [-0.2, -0.15) is 0 Å². The van der Waals surface area contributed by atoms with E-state index in [0.717, 1.165) is 19.3 Å². The van der Waals surface area contributed by atoms with Crippen molar-refractivity contribution >= 4 is 29.2 Å². The van der Waals surface area contributed by atoms with Crippen LogP contribution in [0.4, 0.5) is 5.69 Å². The molecule has 2 bridgehead atoms. The Morgan fingerprint density at radius 3 is 2.13 bits per heavy atom. The second-order valence-corrected chi connectivity index (χ2v) is 9.41. The molecule has 30 heavy (non-hydrogen) atoms. The molecule has 3 saturated carbocycles. The molecule has 0 radical (unpaired) electrons. The minimum Gasteiger partial charge on any atom is -0.324 e. The minimum atomic E-state index is -0.141. The number of carbonyl (C=O) groups is 4. The van der Waals surface area contributed by atoms with E-state index in [-0.39, 0.29) is 47.3 Å². The lowest BCUT2D eigenvalue weighted by Crippen LogP contribution is -2.44. The number of likely N-dealkylation sites (tertiary alicyclic amines) is 1. The number of amides is 3. The molecule has 0 spiro atoms. The van der Waals surface area contributed by atoms with Gasteiger partial charge in [0, 0.05) is 18.9 Å². The second kappa shape index (κ2) is 7.29. The Labute approximate surface area is 175 Å². The van der Waals surface area contributed by atoms with Crippen molar-refractivity contribution < 1.29 is 19.2 Å². The molecule has 158 valence electrons. The van der Waals surface area contributed by atoms with Gasteiger partial charge in [-0.1, -0.05) is 0 Å². The van der Waals surface area contributed by atoms with E-state index in [1.54, 1.807) is 17.0 Å². The van der Waals surface area contributed by atoms with Gasteiger partial charge in [-0.3, -0.25) is 29.1 Å². The molecule has 4 aliphatic rings. The number of nitrogens with zero attached hydrogens (tertiary/aromatic N) is 2. The van der Waals surface area contributed by atoms with E-state index in [1.165, 1.54) is 13.1 Å². The van der Waals surface area contributed by atoms with Crippen LogP contribution in [0.15, 0.2) is 18.3 Å². The van der Waals surface area contributed by atoms with Gasteiger partial charge in [0.2, 0.25) is 17.7 Å². The lowest BCUT2D eigenvalue weighted by Gasteiger charge is -2.33. The monoisotopic (exact) mass is 409 g/mol. The summed E-state index contributed by atoms with van der Waals surface area (Å²) in [6, 6.07) is 3.22. The van der Waals surface area contributed by atoms with Gasteiger partial charge < -0.3 is 5.32 Å². The summed E-state index contributed by atoms with van der Waals surface area (Å²) in [5.41, 5.74) is 0.937. The molecule has 3 aliphatic carbocycles. The summed E-state index contributed by atoms with van der Waals surface area (Å²) in [6.45, 7) is 1.45. The van der Waals surface area contributed by atoms with Crippen LogP contribution in [0.5, 0.6) is 0 Å². The van der Waals surface area contributed by atoms with Gasteiger partial charge in [0.25, 0.3) is 0 Å². The predicted molar refractivity (Wildman–Crippen MR) is 108 cm³/mol. The topological polar surface area (TPSA) is 96.4 Å². The third-order valence-electron chi connectivity index (χ3n) is 7.79. The Morgan fingerprint density at radius 2 is 1.60 bits per heavy atom. The van der Waals surface area contributed by atoms with Gasteiger partial charge in [-0.25, -0.2) is 0 Å². The number of Topliss-reactive ketones (excluding diaryl/α,β-unsaturated/α-hetero) is 1. The highest BCUT2D eigenvalue weighted by atomic mass is 16.2. The van der Waals surface area contributed by atoms with Gasteiger partial charge in [-0.05, 0) is 68.9 Å². The molecule has 3 amide bonds. The Hall–Kier alpha value is -2.57. The molecule has 7 nitrogen and oxygen atoms in total. The Balaban J connectivity index is 1.18. The number of nitrogens with one attached hydrogen (secondary N) is 1. The zero-order valence-electron chi connectivity index (χ0n) is 17.2. The fraction of sp³-hybridized carbons (Fsp3) is 0.609. The molecule has 4 atom stereocenters. The highest BCUT2D eigenvalue weighted by Crippen LogP contribution is 2.56. The maximum atomic E-state index is 13.0. The molecule has 5 rings (SSSR count). The minimum absolute atomic E-state index is 0.0572. The summed E-state index contributed by atoms with van der Waals surface area (Å²) in [6.07, 6.45) is 7.42. The molecule has 2 heterocycles. The normalized spacial score (nSPS) is 34.9. The molecule has 1 N–H and O–H groups in total. The second-order valence-electron chi connectivity index (χ2n) is 9.41. The number of imide groups is 1. The SMILES string of the molecule is CC(=O)c1ccc(NC(=O)C2CCC(N3C(=O)[C@@H]4[C@@H]5CC[C@@H](C5)[C@@H]4C3=O)CC2)cn1. The van der Waals surface area contributed by atoms with Crippen molar-refractivity contribution in [3.63, 3.8) is 0 Å². The molecule has 1 aromatic rings. The number of hydrogen-bond donors (Lipinski definition) is 1. The Bertz CT molecular complexity index is 876. The van der Waals surface area contributed by atoms with Crippen molar-refractivity contribution in [1.82, 2.24) is 9.88 Å². The summed E-state index contributed by atoms with van der Waals surface area (Å²) >= 11 is 0. The van der Waals surface area contributed by atoms with Gasteiger partial charge in [0.05, 0.1) is 23.7 Å². The van der Waals surface area contributed by atoms with Crippen molar-refractivity contribution in [3.8, 4) is 0 Å². The van der Waals surface area contributed by atoms with Crippen LogP contribution in [0.1, 0.15) is 62.4 Å². The molecule has 0 unspecified atom stereocenters. The quantitative estimate of drug-likeness (QED) is 0.609. The fourth-order valence-electron chi connectivity index (χ4n) is 6.31. The standard InChI is InChI=1S/C23H27N3O4/c1-12(27)18-9-6-16(11-24-18)25-21(28)13-4-7-17(8-5-13)26-22(29)19-14-2-3-15(10-14)20(19)23(26)30/h6,9,11,13-15,17,19-20H,2-5,7-8,10H2,1H3,(H,25,28)/t13?,14-,15+,17?,19-,20+. The van der Waals surface area contributed by atoms with Crippen LogP contribution in [0, 0.1) is 29.6 Å². The van der Waals surface area contributed by atoms with Gasteiger partial charge in [0.15, 0.2) is 5.78 Å². The number of fused-ring (bicyclic) bond motifs is 5. The Kier molecular flexibility index (Phi) is 4.71. The van der Waals surface area contributed by atoms with E-state index in [2.05, 4.69) is 10.3 Å². The summed E-state index contributed by atoms with van der Waals surface area (Å²) in [5, 5.41) is 2.87.